The highest BCUT2D eigenvalue weighted by atomic mass is 35.8. The Hall–Kier alpha value is 0.297. The van der Waals surface area contributed by atoms with Gasteiger partial charge in [-0.05, 0) is 6.92 Å². The van der Waals surface area contributed by atoms with Gasteiger partial charge < -0.3 is 4.74 Å². The van der Waals surface area contributed by atoms with Gasteiger partial charge in [-0.15, -0.1) is 33.2 Å². The lowest BCUT2D eigenvalue weighted by Crippen LogP contribution is -2.32. The van der Waals surface area contributed by atoms with Crippen molar-refractivity contribution in [3.8, 4) is 0 Å². The van der Waals surface area contributed by atoms with Crippen LogP contribution in [0.15, 0.2) is 12.7 Å². The van der Waals surface area contributed by atoms with Crippen LogP contribution in [-0.2, 0) is 9.53 Å². The molecule has 0 aromatic carbocycles. The quantitative estimate of drug-likeness (QED) is 0.324. The van der Waals surface area contributed by atoms with Crippen LogP contribution in [0.3, 0.4) is 0 Å². The van der Waals surface area contributed by atoms with E-state index in [1.807, 2.05) is 0 Å². The summed E-state index contributed by atoms with van der Waals surface area (Å²) in [5, 5.41) is 0. The zero-order chi connectivity index (χ0) is 9.07. The number of hydrogen-bond donors (Lipinski definition) is 0. The van der Waals surface area contributed by atoms with Gasteiger partial charge in [0.2, 0.25) is 0 Å². The monoisotopic (exact) mass is 232 g/mol. The molecule has 0 saturated heterocycles. The first-order valence-corrected chi connectivity index (χ1v) is 7.89. The molecule has 1 atom stereocenters. The number of carbonyl (C=O) groups excluding carboxylic acids is 1. The van der Waals surface area contributed by atoms with E-state index in [0.29, 0.717) is 0 Å². The fourth-order valence-electron chi connectivity index (χ4n) is 0.289. The Balaban J connectivity index is 3.97. The minimum atomic E-state index is -2.91. The van der Waals surface area contributed by atoms with E-state index in [1.165, 1.54) is 0 Å². The van der Waals surface area contributed by atoms with Crippen LogP contribution in [0.4, 0.5) is 0 Å². The Morgan fingerprint density at radius 3 is 2.36 bits per heavy atom. The van der Waals surface area contributed by atoms with E-state index in [9.17, 15) is 4.79 Å². The van der Waals surface area contributed by atoms with Crippen molar-refractivity contribution >= 4 is 45.2 Å². The summed E-state index contributed by atoms with van der Waals surface area (Å²) in [6.07, 6.45) is 1.03. The van der Waals surface area contributed by atoms with Crippen LogP contribution < -0.4 is 0 Å². The normalized spacial score (nSPS) is 13.8. The van der Waals surface area contributed by atoms with Gasteiger partial charge in [0.1, 0.15) is 5.73 Å². The lowest BCUT2D eigenvalue weighted by molar-refractivity contribution is -0.139. The lowest BCUT2D eigenvalue weighted by Gasteiger charge is -2.16. The molecular formula is C5H7Cl3O2Si. The van der Waals surface area contributed by atoms with Crippen LogP contribution >= 0.6 is 33.2 Å². The first-order chi connectivity index (χ1) is 4.88. The van der Waals surface area contributed by atoms with Gasteiger partial charge in [0.25, 0.3) is 0 Å². The van der Waals surface area contributed by atoms with Gasteiger partial charge in [-0.2, -0.15) is 0 Å². The average Bonchev–Trinajstić information content (AvgIpc) is 1.85. The summed E-state index contributed by atoms with van der Waals surface area (Å²) < 4.78 is 4.67. The molecule has 0 fully saturated rings. The maximum atomic E-state index is 10.6. The van der Waals surface area contributed by atoms with Crippen molar-refractivity contribution in [1.29, 1.82) is 0 Å². The fraction of sp³-hybridized carbons (Fsp3) is 0.400. The molecule has 64 valence electrons. The summed E-state index contributed by atoms with van der Waals surface area (Å²) in [6, 6.07) is -2.91. The summed E-state index contributed by atoms with van der Waals surface area (Å²) in [4.78, 5) is 10.6. The van der Waals surface area contributed by atoms with Gasteiger partial charge in [0.15, 0.2) is 0 Å². The van der Waals surface area contributed by atoms with Crippen molar-refractivity contribution in [3.05, 3.63) is 12.7 Å². The molecular weight excluding hydrogens is 226 g/mol. The molecule has 6 heteroatoms. The zero-order valence-corrected chi connectivity index (χ0v) is 9.08. The molecule has 0 saturated carbocycles. The number of halogens is 3. The van der Waals surface area contributed by atoms with E-state index in [1.54, 1.807) is 6.92 Å². The molecule has 0 aliphatic carbocycles. The third kappa shape index (κ3) is 4.69. The predicted molar refractivity (Wildman–Crippen MR) is 49.1 cm³/mol. The average molecular weight is 234 g/mol. The molecule has 0 bridgehead atoms. The summed E-state index contributed by atoms with van der Waals surface area (Å²) in [7, 11) is 0. The zero-order valence-electron chi connectivity index (χ0n) is 5.81. The van der Waals surface area contributed by atoms with Crippen LogP contribution in [0.2, 0.25) is 0 Å². The van der Waals surface area contributed by atoms with Gasteiger partial charge in [0.05, 0.1) is 0 Å². The highest BCUT2D eigenvalue weighted by Gasteiger charge is 2.36. The summed E-state index contributed by atoms with van der Waals surface area (Å²) in [5.74, 6) is -0.573. The fourth-order valence-corrected chi connectivity index (χ4v) is 0.940. The molecule has 0 rings (SSSR count). The Bertz CT molecular complexity index is 166. The molecule has 0 aromatic heterocycles. The maximum absolute atomic E-state index is 10.6. The molecule has 0 radical (unpaired) electrons. The van der Waals surface area contributed by atoms with E-state index in [0.717, 1.165) is 6.08 Å². The van der Waals surface area contributed by atoms with Crippen molar-refractivity contribution in [2.45, 2.75) is 12.7 Å². The minimum absolute atomic E-state index is 0.573. The van der Waals surface area contributed by atoms with Crippen molar-refractivity contribution in [2.75, 3.05) is 0 Å². The topological polar surface area (TPSA) is 26.3 Å². The first-order valence-electron chi connectivity index (χ1n) is 2.77. The van der Waals surface area contributed by atoms with Crippen LogP contribution in [0.25, 0.3) is 0 Å². The number of ether oxygens (including phenoxy) is 1. The summed E-state index contributed by atoms with van der Waals surface area (Å²) in [6.45, 7) is 4.75. The second-order valence-corrected chi connectivity index (χ2v) is 10.8. The molecule has 0 heterocycles. The first kappa shape index (κ1) is 11.3. The molecule has 0 aromatic rings. The highest BCUT2D eigenvalue weighted by molar-refractivity contribution is 7.65. The molecule has 0 spiro atoms. The van der Waals surface area contributed by atoms with Crippen LogP contribution in [-0.4, -0.2) is 17.7 Å². The number of esters is 1. The molecule has 1 unspecified atom stereocenters. The molecule has 0 aliphatic heterocycles. The van der Waals surface area contributed by atoms with Gasteiger partial charge in [0, 0.05) is 6.08 Å². The molecule has 11 heavy (non-hydrogen) atoms. The van der Waals surface area contributed by atoms with Crippen molar-refractivity contribution in [1.82, 2.24) is 0 Å². The minimum Gasteiger partial charge on any atom is -0.459 e. The van der Waals surface area contributed by atoms with Gasteiger partial charge in [-0.3, -0.25) is 0 Å². The van der Waals surface area contributed by atoms with Crippen molar-refractivity contribution < 1.29 is 9.53 Å². The Kier molecular flexibility index (Phi) is 4.47. The van der Waals surface area contributed by atoms with Gasteiger partial charge >= 0.3 is 12.0 Å². The Morgan fingerprint density at radius 1 is 1.64 bits per heavy atom. The SMILES string of the molecule is C=CC(=O)OC(C)[Si](Cl)(Cl)Cl. The standard InChI is InChI=1S/C5H7Cl3O2Si/c1-3-5(9)10-4(2)11(6,7)8/h3-4H,1H2,2H3. The number of rotatable bonds is 3. The van der Waals surface area contributed by atoms with Gasteiger partial charge in [-0.1, -0.05) is 6.58 Å². The van der Waals surface area contributed by atoms with Crippen LogP contribution in [0, 0.1) is 0 Å². The number of carbonyl (C=O) groups is 1. The van der Waals surface area contributed by atoms with Crippen molar-refractivity contribution in [2.24, 2.45) is 0 Å². The van der Waals surface area contributed by atoms with E-state index in [4.69, 9.17) is 33.2 Å². The molecule has 0 N–H and O–H groups in total. The largest absolute Gasteiger partial charge is 0.459 e. The third-order valence-corrected chi connectivity index (χ3v) is 4.73. The van der Waals surface area contributed by atoms with E-state index >= 15 is 0 Å². The predicted octanol–water partition coefficient (Wildman–Crippen LogP) is 2.30. The summed E-state index contributed by atoms with van der Waals surface area (Å²) in [5.41, 5.74) is -0.641. The molecule has 0 amide bonds. The van der Waals surface area contributed by atoms with Crippen molar-refractivity contribution in [3.63, 3.8) is 0 Å². The third-order valence-electron chi connectivity index (χ3n) is 0.921. The van der Waals surface area contributed by atoms with Crippen LogP contribution in [0.5, 0.6) is 0 Å². The second kappa shape index (κ2) is 4.35. The van der Waals surface area contributed by atoms with Gasteiger partial charge in [-0.25, -0.2) is 4.79 Å². The van der Waals surface area contributed by atoms with Crippen LogP contribution in [0.1, 0.15) is 6.92 Å². The van der Waals surface area contributed by atoms with E-state index < -0.39 is 17.7 Å². The highest BCUT2D eigenvalue weighted by Crippen LogP contribution is 2.25. The summed E-state index contributed by atoms with van der Waals surface area (Å²) >= 11 is 16.6. The Labute approximate surface area is 80.2 Å². The molecule has 0 aliphatic rings. The van der Waals surface area contributed by atoms with E-state index in [2.05, 4.69) is 11.3 Å². The second-order valence-electron chi connectivity index (χ2n) is 1.82. The lowest BCUT2D eigenvalue weighted by atomic mass is 10.6. The maximum Gasteiger partial charge on any atom is 0.381 e. The van der Waals surface area contributed by atoms with E-state index in [-0.39, 0.29) is 0 Å². The number of hydrogen-bond acceptors (Lipinski definition) is 2. The smallest absolute Gasteiger partial charge is 0.381 e. The Morgan fingerprint density at radius 2 is 2.09 bits per heavy atom. The molecule has 2 nitrogen and oxygen atoms in total.